The van der Waals surface area contributed by atoms with Crippen LogP contribution in [-0.4, -0.2) is 51.9 Å². The first-order valence-corrected chi connectivity index (χ1v) is 10.3. The van der Waals surface area contributed by atoms with Crippen molar-refractivity contribution in [1.29, 1.82) is 0 Å². The van der Waals surface area contributed by atoms with Crippen molar-refractivity contribution in [1.82, 2.24) is 19.9 Å². The lowest BCUT2D eigenvalue weighted by Gasteiger charge is -2.25. The minimum atomic E-state index is 0.128. The molecule has 4 heterocycles. The van der Waals surface area contributed by atoms with Gasteiger partial charge < -0.3 is 9.80 Å². The molecule has 0 saturated carbocycles. The minimum Gasteiger partial charge on any atom is -0.354 e. The van der Waals surface area contributed by atoms with Gasteiger partial charge in [0.05, 0.1) is 4.88 Å². The van der Waals surface area contributed by atoms with Gasteiger partial charge in [-0.1, -0.05) is 6.07 Å². The molecule has 144 valence electrons. The predicted molar refractivity (Wildman–Crippen MR) is 112 cm³/mol. The maximum Gasteiger partial charge on any atom is 0.263 e. The second kappa shape index (κ2) is 8.06. The van der Waals surface area contributed by atoms with Crippen molar-refractivity contribution in [3.8, 4) is 11.4 Å². The molecule has 0 atom stereocenters. The summed E-state index contributed by atoms with van der Waals surface area (Å²) in [6, 6.07) is 7.70. The first-order valence-electron chi connectivity index (χ1n) is 9.47. The van der Waals surface area contributed by atoms with Crippen LogP contribution in [0.3, 0.4) is 0 Å². The highest BCUT2D eigenvalue weighted by molar-refractivity contribution is 7.12. The molecule has 1 aliphatic heterocycles. The average molecular weight is 394 g/mol. The van der Waals surface area contributed by atoms with Gasteiger partial charge >= 0.3 is 0 Å². The van der Waals surface area contributed by atoms with Crippen LogP contribution in [0.25, 0.3) is 11.4 Å². The van der Waals surface area contributed by atoms with Gasteiger partial charge in [0.25, 0.3) is 5.91 Å². The van der Waals surface area contributed by atoms with E-state index >= 15 is 0 Å². The zero-order valence-electron chi connectivity index (χ0n) is 16.1. The van der Waals surface area contributed by atoms with E-state index in [0.717, 1.165) is 53.6 Å². The minimum absolute atomic E-state index is 0.128. The first-order chi connectivity index (χ1) is 13.6. The largest absolute Gasteiger partial charge is 0.354 e. The molecular formula is C21H23N5OS. The molecule has 1 aliphatic rings. The van der Waals surface area contributed by atoms with Gasteiger partial charge in [0, 0.05) is 55.4 Å². The van der Waals surface area contributed by atoms with Crippen LogP contribution >= 0.6 is 11.3 Å². The first kappa shape index (κ1) is 18.6. The molecule has 0 unspecified atom stereocenters. The number of aromatic nitrogens is 3. The van der Waals surface area contributed by atoms with Gasteiger partial charge in [-0.3, -0.25) is 9.78 Å². The molecule has 0 aliphatic carbocycles. The quantitative estimate of drug-likeness (QED) is 0.681. The van der Waals surface area contributed by atoms with Gasteiger partial charge in [0.2, 0.25) is 0 Å². The van der Waals surface area contributed by atoms with E-state index in [1.54, 1.807) is 12.4 Å². The van der Waals surface area contributed by atoms with Gasteiger partial charge in [0.1, 0.15) is 5.82 Å². The van der Waals surface area contributed by atoms with E-state index in [0.29, 0.717) is 12.4 Å². The summed E-state index contributed by atoms with van der Waals surface area (Å²) in [4.78, 5) is 31.5. The Labute approximate surface area is 168 Å². The van der Waals surface area contributed by atoms with Crippen LogP contribution < -0.4 is 4.90 Å². The number of carbonyl (C=O) groups is 1. The van der Waals surface area contributed by atoms with Gasteiger partial charge in [-0.15, -0.1) is 11.3 Å². The number of hydrogen-bond acceptors (Lipinski definition) is 6. The number of anilines is 1. The number of hydrogen-bond donors (Lipinski definition) is 0. The Morgan fingerprint density at radius 2 is 1.96 bits per heavy atom. The number of thiophene rings is 1. The summed E-state index contributed by atoms with van der Waals surface area (Å²) >= 11 is 1.50. The second-order valence-corrected chi connectivity index (χ2v) is 7.88. The molecule has 1 saturated heterocycles. The Bertz CT molecular complexity index is 958. The number of amides is 1. The number of nitrogens with zero attached hydrogens (tertiary/aromatic N) is 5. The average Bonchev–Trinajstić information content (AvgIpc) is 3.15. The number of carbonyl (C=O) groups excluding carboxylic acids is 1. The molecule has 7 heteroatoms. The molecule has 6 nitrogen and oxygen atoms in total. The molecule has 0 N–H and O–H groups in total. The van der Waals surface area contributed by atoms with Crippen molar-refractivity contribution in [2.75, 3.05) is 31.1 Å². The number of pyridine rings is 1. The van der Waals surface area contributed by atoms with E-state index in [4.69, 9.17) is 4.98 Å². The third-order valence-corrected chi connectivity index (χ3v) is 5.96. The van der Waals surface area contributed by atoms with Crippen molar-refractivity contribution in [3.05, 3.63) is 58.2 Å². The lowest BCUT2D eigenvalue weighted by molar-refractivity contribution is 0.0772. The highest BCUT2D eigenvalue weighted by Crippen LogP contribution is 2.25. The summed E-state index contributed by atoms with van der Waals surface area (Å²) in [6.45, 7) is 7.19. The maximum atomic E-state index is 12.7. The topological polar surface area (TPSA) is 62.2 Å². The van der Waals surface area contributed by atoms with Crippen LogP contribution in [-0.2, 0) is 0 Å². The molecular weight excluding hydrogens is 370 g/mol. The molecule has 0 radical (unpaired) electrons. The predicted octanol–water partition coefficient (Wildman–Crippen LogP) is 3.57. The lowest BCUT2D eigenvalue weighted by Crippen LogP contribution is -2.35. The summed E-state index contributed by atoms with van der Waals surface area (Å²) in [5, 5.41) is 1.95. The van der Waals surface area contributed by atoms with E-state index < -0.39 is 0 Å². The molecule has 28 heavy (non-hydrogen) atoms. The van der Waals surface area contributed by atoms with Crippen molar-refractivity contribution >= 4 is 23.1 Å². The van der Waals surface area contributed by atoms with Crippen LogP contribution in [0.15, 0.2) is 42.0 Å². The molecule has 0 bridgehead atoms. The standard InChI is InChI=1S/C21H23N5OS/c1-15-16(2)23-19(17-6-3-8-22-14-17)24-20(15)25-9-5-10-26(12-11-25)21(27)18-7-4-13-28-18/h3-4,6-8,13-14H,5,9-12H2,1-2H3. The number of rotatable bonds is 3. The molecule has 3 aromatic heterocycles. The number of aryl methyl sites for hydroxylation is 1. The Morgan fingerprint density at radius 3 is 2.71 bits per heavy atom. The molecule has 1 amide bonds. The van der Waals surface area contributed by atoms with E-state index in [1.807, 2.05) is 41.5 Å². The summed E-state index contributed by atoms with van der Waals surface area (Å²) in [6.07, 6.45) is 4.46. The second-order valence-electron chi connectivity index (χ2n) is 6.93. The Morgan fingerprint density at radius 1 is 1.07 bits per heavy atom. The Hall–Kier alpha value is -2.80. The Kier molecular flexibility index (Phi) is 5.34. The van der Waals surface area contributed by atoms with E-state index in [9.17, 15) is 4.79 Å². The SMILES string of the molecule is Cc1nc(-c2cccnc2)nc(N2CCCN(C(=O)c3cccs3)CC2)c1C. The third-order valence-electron chi connectivity index (χ3n) is 5.10. The van der Waals surface area contributed by atoms with Crippen molar-refractivity contribution < 1.29 is 4.79 Å². The van der Waals surface area contributed by atoms with Crippen molar-refractivity contribution in [3.63, 3.8) is 0 Å². The summed E-state index contributed by atoms with van der Waals surface area (Å²) in [5.74, 6) is 1.78. The van der Waals surface area contributed by atoms with E-state index in [2.05, 4.69) is 21.8 Å². The lowest BCUT2D eigenvalue weighted by atomic mass is 10.2. The fourth-order valence-electron chi connectivity index (χ4n) is 3.43. The molecule has 3 aromatic rings. The molecule has 0 aromatic carbocycles. The van der Waals surface area contributed by atoms with Crippen LogP contribution in [0.4, 0.5) is 5.82 Å². The normalized spacial score (nSPS) is 14.8. The highest BCUT2D eigenvalue weighted by Gasteiger charge is 2.23. The monoisotopic (exact) mass is 393 g/mol. The summed E-state index contributed by atoms with van der Waals surface area (Å²) < 4.78 is 0. The molecule has 0 spiro atoms. The van der Waals surface area contributed by atoms with Gasteiger partial charge in [-0.2, -0.15) is 0 Å². The summed E-state index contributed by atoms with van der Waals surface area (Å²) in [7, 11) is 0. The van der Waals surface area contributed by atoms with Crippen LogP contribution in [0.1, 0.15) is 27.3 Å². The third kappa shape index (κ3) is 3.75. The molecule has 1 fully saturated rings. The van der Waals surface area contributed by atoms with Crippen LogP contribution in [0.2, 0.25) is 0 Å². The van der Waals surface area contributed by atoms with Crippen molar-refractivity contribution in [2.24, 2.45) is 0 Å². The van der Waals surface area contributed by atoms with E-state index in [-0.39, 0.29) is 5.91 Å². The molecule has 4 rings (SSSR count). The fourth-order valence-corrected chi connectivity index (χ4v) is 4.12. The zero-order chi connectivity index (χ0) is 19.5. The highest BCUT2D eigenvalue weighted by atomic mass is 32.1. The zero-order valence-corrected chi connectivity index (χ0v) is 16.9. The van der Waals surface area contributed by atoms with Crippen LogP contribution in [0, 0.1) is 13.8 Å². The summed E-state index contributed by atoms with van der Waals surface area (Å²) in [5.41, 5.74) is 2.97. The Balaban J connectivity index is 1.57. The van der Waals surface area contributed by atoms with Gasteiger partial charge in [-0.05, 0) is 43.8 Å². The smallest absolute Gasteiger partial charge is 0.263 e. The maximum absolute atomic E-state index is 12.7. The fraction of sp³-hybridized carbons (Fsp3) is 0.333. The van der Waals surface area contributed by atoms with Crippen molar-refractivity contribution in [2.45, 2.75) is 20.3 Å². The van der Waals surface area contributed by atoms with Gasteiger partial charge in [0.15, 0.2) is 5.82 Å². The van der Waals surface area contributed by atoms with Crippen LogP contribution in [0.5, 0.6) is 0 Å². The van der Waals surface area contributed by atoms with E-state index in [1.165, 1.54) is 11.3 Å². The van der Waals surface area contributed by atoms with Gasteiger partial charge in [-0.25, -0.2) is 9.97 Å².